The van der Waals surface area contributed by atoms with Gasteiger partial charge in [-0.2, -0.15) is 0 Å². The molecule has 1 N–H and O–H groups in total. The first-order chi connectivity index (χ1) is 6.99. The van der Waals surface area contributed by atoms with E-state index < -0.39 is 0 Å². The molecule has 0 spiro atoms. The normalized spacial score (nSPS) is 16.0. The van der Waals surface area contributed by atoms with E-state index in [1.807, 2.05) is 0 Å². The lowest BCUT2D eigenvalue weighted by Gasteiger charge is -2.30. The number of hydrogen-bond donors (Lipinski definition) is 1. The summed E-state index contributed by atoms with van der Waals surface area (Å²) < 4.78 is 0. The minimum Gasteiger partial charge on any atom is -0.316 e. The molecule has 0 fully saturated rings. The molecule has 0 aliphatic carbocycles. The SMILES string of the molecule is CCCN(C)C(C)C(C)CNCC(C)C. The molecule has 2 unspecified atom stereocenters. The largest absolute Gasteiger partial charge is 0.316 e. The van der Waals surface area contributed by atoms with Gasteiger partial charge in [-0.15, -0.1) is 0 Å². The number of rotatable bonds is 8. The van der Waals surface area contributed by atoms with Crippen LogP contribution in [0, 0.1) is 11.8 Å². The zero-order valence-corrected chi connectivity index (χ0v) is 11.5. The molecule has 2 heteroatoms. The first-order valence-electron chi connectivity index (χ1n) is 6.40. The quantitative estimate of drug-likeness (QED) is 0.668. The summed E-state index contributed by atoms with van der Waals surface area (Å²) >= 11 is 0. The van der Waals surface area contributed by atoms with Gasteiger partial charge in [-0.1, -0.05) is 27.7 Å². The van der Waals surface area contributed by atoms with Crippen LogP contribution in [-0.2, 0) is 0 Å². The second-order valence-electron chi connectivity index (χ2n) is 5.25. The Morgan fingerprint density at radius 1 is 1.07 bits per heavy atom. The monoisotopic (exact) mass is 214 g/mol. The van der Waals surface area contributed by atoms with Crippen molar-refractivity contribution in [3.8, 4) is 0 Å². The Hall–Kier alpha value is -0.0800. The molecule has 0 rings (SSSR count). The van der Waals surface area contributed by atoms with E-state index in [1.54, 1.807) is 0 Å². The van der Waals surface area contributed by atoms with Crippen molar-refractivity contribution in [1.82, 2.24) is 10.2 Å². The van der Waals surface area contributed by atoms with Gasteiger partial charge in [0.2, 0.25) is 0 Å². The Bertz CT molecular complexity index is 145. The third-order valence-electron chi connectivity index (χ3n) is 3.11. The van der Waals surface area contributed by atoms with Crippen LogP contribution >= 0.6 is 0 Å². The van der Waals surface area contributed by atoms with Crippen LogP contribution in [0.1, 0.15) is 41.0 Å². The van der Waals surface area contributed by atoms with Crippen LogP contribution in [0.15, 0.2) is 0 Å². The predicted octanol–water partition coefficient (Wildman–Crippen LogP) is 2.60. The summed E-state index contributed by atoms with van der Waals surface area (Å²) in [5, 5.41) is 3.54. The maximum Gasteiger partial charge on any atom is 0.0102 e. The van der Waals surface area contributed by atoms with Crippen molar-refractivity contribution in [3.05, 3.63) is 0 Å². The van der Waals surface area contributed by atoms with E-state index >= 15 is 0 Å². The molecule has 0 aromatic heterocycles. The number of hydrogen-bond acceptors (Lipinski definition) is 2. The molecule has 0 aliphatic heterocycles. The lowest BCUT2D eigenvalue weighted by molar-refractivity contribution is 0.195. The fourth-order valence-electron chi connectivity index (χ4n) is 1.76. The van der Waals surface area contributed by atoms with E-state index in [1.165, 1.54) is 13.0 Å². The fraction of sp³-hybridized carbons (Fsp3) is 1.00. The lowest BCUT2D eigenvalue weighted by atomic mass is 10.0. The summed E-state index contributed by atoms with van der Waals surface area (Å²) in [7, 11) is 2.23. The third kappa shape index (κ3) is 6.91. The van der Waals surface area contributed by atoms with Crippen molar-refractivity contribution in [3.63, 3.8) is 0 Å². The molecule has 0 heterocycles. The van der Waals surface area contributed by atoms with Crippen molar-refractivity contribution >= 4 is 0 Å². The average Bonchev–Trinajstić information content (AvgIpc) is 2.16. The molecule has 15 heavy (non-hydrogen) atoms. The van der Waals surface area contributed by atoms with Gasteiger partial charge in [-0.3, -0.25) is 0 Å². The van der Waals surface area contributed by atoms with Crippen LogP contribution in [0.3, 0.4) is 0 Å². The average molecular weight is 214 g/mol. The van der Waals surface area contributed by atoms with Crippen molar-refractivity contribution in [1.29, 1.82) is 0 Å². The zero-order chi connectivity index (χ0) is 11.8. The molecule has 92 valence electrons. The van der Waals surface area contributed by atoms with Gasteiger partial charge in [-0.05, 0) is 51.9 Å². The highest BCUT2D eigenvalue weighted by Gasteiger charge is 2.15. The Labute approximate surface area is 96.4 Å². The molecule has 0 bridgehead atoms. The minimum absolute atomic E-state index is 0.671. The fourth-order valence-corrected chi connectivity index (χ4v) is 1.76. The molecule has 0 aromatic carbocycles. The highest BCUT2D eigenvalue weighted by molar-refractivity contribution is 4.72. The third-order valence-corrected chi connectivity index (χ3v) is 3.11. The van der Waals surface area contributed by atoms with Crippen molar-refractivity contribution < 1.29 is 0 Å². The van der Waals surface area contributed by atoms with Gasteiger partial charge in [0.25, 0.3) is 0 Å². The van der Waals surface area contributed by atoms with Crippen molar-refractivity contribution in [2.75, 3.05) is 26.7 Å². The highest BCUT2D eigenvalue weighted by Crippen LogP contribution is 2.08. The van der Waals surface area contributed by atoms with Gasteiger partial charge in [0.15, 0.2) is 0 Å². The Kier molecular flexibility index (Phi) is 8.07. The molecule has 0 radical (unpaired) electrons. The number of nitrogens with one attached hydrogen (secondary N) is 1. The Balaban J connectivity index is 3.72. The minimum atomic E-state index is 0.671. The maximum absolute atomic E-state index is 3.54. The van der Waals surface area contributed by atoms with E-state index in [9.17, 15) is 0 Å². The van der Waals surface area contributed by atoms with Gasteiger partial charge in [0.1, 0.15) is 0 Å². The van der Waals surface area contributed by atoms with Crippen LogP contribution in [0.25, 0.3) is 0 Å². The Morgan fingerprint density at radius 3 is 2.13 bits per heavy atom. The molecular formula is C13H30N2. The first-order valence-corrected chi connectivity index (χ1v) is 6.40. The first kappa shape index (κ1) is 14.9. The summed E-state index contributed by atoms with van der Waals surface area (Å²) in [5.41, 5.74) is 0. The molecule has 2 nitrogen and oxygen atoms in total. The summed E-state index contributed by atoms with van der Waals surface area (Å²) in [6, 6.07) is 0.671. The van der Waals surface area contributed by atoms with Crippen LogP contribution in [0.2, 0.25) is 0 Å². The van der Waals surface area contributed by atoms with Gasteiger partial charge in [0, 0.05) is 6.04 Å². The predicted molar refractivity (Wildman–Crippen MR) is 69.3 cm³/mol. The molecule has 2 atom stereocenters. The lowest BCUT2D eigenvalue weighted by Crippen LogP contribution is -2.39. The van der Waals surface area contributed by atoms with Gasteiger partial charge in [-0.25, -0.2) is 0 Å². The maximum atomic E-state index is 3.54. The second-order valence-corrected chi connectivity index (χ2v) is 5.25. The second kappa shape index (κ2) is 8.12. The van der Waals surface area contributed by atoms with E-state index in [0.717, 1.165) is 24.9 Å². The molecule has 0 aliphatic rings. The van der Waals surface area contributed by atoms with Gasteiger partial charge in [0.05, 0.1) is 0 Å². The van der Waals surface area contributed by atoms with Crippen molar-refractivity contribution in [2.24, 2.45) is 11.8 Å². The van der Waals surface area contributed by atoms with E-state index in [2.05, 4.69) is 51.9 Å². The smallest absolute Gasteiger partial charge is 0.0102 e. The van der Waals surface area contributed by atoms with Crippen molar-refractivity contribution in [2.45, 2.75) is 47.1 Å². The number of nitrogens with zero attached hydrogens (tertiary/aromatic N) is 1. The summed E-state index contributed by atoms with van der Waals surface area (Å²) in [5.74, 6) is 1.47. The molecule has 0 amide bonds. The Morgan fingerprint density at radius 2 is 1.67 bits per heavy atom. The molecule has 0 aromatic rings. The van der Waals surface area contributed by atoms with Crippen LogP contribution in [0.5, 0.6) is 0 Å². The molecule has 0 saturated heterocycles. The molecular weight excluding hydrogens is 184 g/mol. The van der Waals surface area contributed by atoms with E-state index in [-0.39, 0.29) is 0 Å². The standard InChI is InChI=1S/C13H30N2/c1-7-8-15(6)13(5)12(4)10-14-9-11(2)3/h11-14H,7-10H2,1-6H3. The highest BCUT2D eigenvalue weighted by atomic mass is 15.1. The topological polar surface area (TPSA) is 15.3 Å². The zero-order valence-electron chi connectivity index (χ0n) is 11.5. The van der Waals surface area contributed by atoms with E-state index in [4.69, 9.17) is 0 Å². The van der Waals surface area contributed by atoms with Crippen LogP contribution < -0.4 is 5.32 Å². The van der Waals surface area contributed by atoms with E-state index in [0.29, 0.717) is 6.04 Å². The van der Waals surface area contributed by atoms with Gasteiger partial charge >= 0.3 is 0 Å². The van der Waals surface area contributed by atoms with Crippen LogP contribution in [0.4, 0.5) is 0 Å². The van der Waals surface area contributed by atoms with Gasteiger partial charge < -0.3 is 10.2 Å². The summed E-state index contributed by atoms with van der Waals surface area (Å²) in [6.45, 7) is 14.9. The molecule has 0 saturated carbocycles. The summed E-state index contributed by atoms with van der Waals surface area (Å²) in [6.07, 6.45) is 1.24. The summed E-state index contributed by atoms with van der Waals surface area (Å²) in [4.78, 5) is 2.46. The van der Waals surface area contributed by atoms with Crippen LogP contribution in [-0.4, -0.2) is 37.6 Å².